The quantitative estimate of drug-likeness (QED) is 0.893. The lowest BCUT2D eigenvalue weighted by Crippen LogP contribution is -2.26. The Morgan fingerprint density at radius 3 is 3.06 bits per heavy atom. The number of H-pyrrole nitrogens is 1. The maximum atomic E-state index is 5.87. The molecule has 5 heteroatoms. The van der Waals surface area contributed by atoms with Crippen molar-refractivity contribution in [3.8, 4) is 10.7 Å². The Kier molecular flexibility index (Phi) is 3.43. The summed E-state index contributed by atoms with van der Waals surface area (Å²) in [7, 11) is 0. The van der Waals surface area contributed by atoms with Crippen LogP contribution in [-0.4, -0.2) is 21.7 Å². The van der Waals surface area contributed by atoms with Crippen LogP contribution in [0.25, 0.3) is 10.7 Å². The molecule has 3 rings (SSSR count). The first-order valence-electron chi connectivity index (χ1n) is 6.54. The highest BCUT2D eigenvalue weighted by atomic mass is 32.1. The van der Waals surface area contributed by atoms with Gasteiger partial charge in [-0.25, -0.2) is 4.98 Å². The van der Waals surface area contributed by atoms with Gasteiger partial charge in [-0.1, -0.05) is 18.9 Å². The molecule has 2 atom stereocenters. The fraction of sp³-hybridized carbons (Fsp3) is 0.538. The van der Waals surface area contributed by atoms with Crippen molar-refractivity contribution in [3.63, 3.8) is 0 Å². The predicted molar refractivity (Wildman–Crippen MR) is 73.4 cm³/mol. The number of aromatic amines is 1. The van der Waals surface area contributed by atoms with Crippen LogP contribution in [0.3, 0.4) is 0 Å². The molecule has 2 aromatic rings. The van der Waals surface area contributed by atoms with Crippen molar-refractivity contribution in [2.45, 2.75) is 31.6 Å². The Morgan fingerprint density at radius 2 is 2.28 bits per heavy atom. The summed E-state index contributed by atoms with van der Waals surface area (Å²) >= 11 is 1.67. The fourth-order valence-corrected chi connectivity index (χ4v) is 3.46. The molecule has 2 heterocycles. The standard InChI is InChI=1S/C13H18N4S/c14-8-9-4-1-2-5-10(9)12-15-13(17-16-12)11-6-3-7-18-11/h3,6-7,9-10H,1-2,4-5,8,14H2,(H,15,16,17). The average Bonchev–Trinajstić information content (AvgIpc) is 3.09. The summed E-state index contributed by atoms with van der Waals surface area (Å²) in [5.74, 6) is 2.86. The Bertz CT molecular complexity index is 491. The number of nitrogens with zero attached hydrogens (tertiary/aromatic N) is 2. The molecule has 0 bridgehead atoms. The van der Waals surface area contributed by atoms with E-state index >= 15 is 0 Å². The third kappa shape index (κ3) is 2.20. The summed E-state index contributed by atoms with van der Waals surface area (Å²) < 4.78 is 0. The molecule has 1 aliphatic rings. The van der Waals surface area contributed by atoms with E-state index in [0.29, 0.717) is 11.8 Å². The van der Waals surface area contributed by atoms with Gasteiger partial charge in [0.2, 0.25) is 0 Å². The molecular weight excluding hydrogens is 244 g/mol. The lowest BCUT2D eigenvalue weighted by molar-refractivity contribution is 0.305. The summed E-state index contributed by atoms with van der Waals surface area (Å²) in [4.78, 5) is 5.79. The van der Waals surface area contributed by atoms with Crippen molar-refractivity contribution in [3.05, 3.63) is 23.3 Å². The van der Waals surface area contributed by atoms with Crippen molar-refractivity contribution >= 4 is 11.3 Å². The third-order valence-corrected chi connectivity index (χ3v) is 4.67. The molecule has 0 saturated heterocycles. The number of hydrogen-bond donors (Lipinski definition) is 2. The first-order chi connectivity index (χ1) is 8.88. The molecular formula is C13H18N4S. The van der Waals surface area contributed by atoms with E-state index in [0.717, 1.165) is 23.1 Å². The number of thiophene rings is 1. The molecule has 1 fully saturated rings. The minimum Gasteiger partial charge on any atom is -0.330 e. The first-order valence-corrected chi connectivity index (χ1v) is 7.42. The van der Waals surface area contributed by atoms with Gasteiger partial charge >= 0.3 is 0 Å². The molecule has 0 aromatic carbocycles. The van der Waals surface area contributed by atoms with Gasteiger partial charge in [0.25, 0.3) is 0 Å². The first kappa shape index (κ1) is 11.9. The van der Waals surface area contributed by atoms with E-state index in [1.54, 1.807) is 11.3 Å². The molecule has 0 amide bonds. The molecule has 18 heavy (non-hydrogen) atoms. The van der Waals surface area contributed by atoms with E-state index in [9.17, 15) is 0 Å². The second-order valence-electron chi connectivity index (χ2n) is 4.91. The van der Waals surface area contributed by atoms with Gasteiger partial charge in [-0.2, -0.15) is 5.10 Å². The summed E-state index contributed by atoms with van der Waals surface area (Å²) in [6.45, 7) is 0.750. The highest BCUT2D eigenvalue weighted by Gasteiger charge is 2.28. The molecule has 0 radical (unpaired) electrons. The molecule has 1 saturated carbocycles. The van der Waals surface area contributed by atoms with E-state index < -0.39 is 0 Å². The zero-order chi connectivity index (χ0) is 12.4. The molecule has 2 aromatic heterocycles. The van der Waals surface area contributed by atoms with Crippen LogP contribution < -0.4 is 5.73 Å². The van der Waals surface area contributed by atoms with E-state index in [4.69, 9.17) is 5.73 Å². The fourth-order valence-electron chi connectivity index (χ4n) is 2.81. The lowest BCUT2D eigenvalue weighted by atomic mass is 9.79. The van der Waals surface area contributed by atoms with Crippen LogP contribution in [0, 0.1) is 5.92 Å². The Hall–Kier alpha value is -1.20. The second-order valence-corrected chi connectivity index (χ2v) is 5.86. The number of nitrogens with two attached hydrogens (primary N) is 1. The Balaban J connectivity index is 1.84. The average molecular weight is 262 g/mol. The number of rotatable bonds is 3. The summed E-state index contributed by atoms with van der Waals surface area (Å²) in [6, 6.07) is 4.08. The molecule has 96 valence electrons. The van der Waals surface area contributed by atoms with E-state index in [2.05, 4.69) is 26.6 Å². The largest absolute Gasteiger partial charge is 0.330 e. The zero-order valence-electron chi connectivity index (χ0n) is 10.3. The maximum Gasteiger partial charge on any atom is 0.191 e. The summed E-state index contributed by atoms with van der Waals surface area (Å²) in [5.41, 5.74) is 5.87. The topological polar surface area (TPSA) is 67.6 Å². The van der Waals surface area contributed by atoms with Gasteiger partial charge in [-0.3, -0.25) is 5.10 Å². The van der Waals surface area contributed by atoms with E-state index in [1.165, 1.54) is 25.7 Å². The van der Waals surface area contributed by atoms with E-state index in [1.807, 2.05) is 6.07 Å². The molecule has 3 N–H and O–H groups in total. The predicted octanol–water partition coefficient (Wildman–Crippen LogP) is 2.77. The van der Waals surface area contributed by atoms with Gasteiger partial charge < -0.3 is 5.73 Å². The van der Waals surface area contributed by atoms with Crippen LogP contribution in [0.5, 0.6) is 0 Å². The van der Waals surface area contributed by atoms with Gasteiger partial charge in [-0.15, -0.1) is 11.3 Å². The van der Waals surface area contributed by atoms with Crippen LogP contribution in [0.15, 0.2) is 17.5 Å². The van der Waals surface area contributed by atoms with Crippen molar-refractivity contribution in [1.82, 2.24) is 15.2 Å². The second kappa shape index (κ2) is 5.20. The number of hydrogen-bond acceptors (Lipinski definition) is 4. The van der Waals surface area contributed by atoms with Crippen LogP contribution in [0.1, 0.15) is 37.4 Å². The molecule has 0 spiro atoms. The SMILES string of the molecule is NCC1CCCCC1c1nc(-c2cccs2)n[nH]1. The normalized spacial score (nSPS) is 24.3. The molecule has 2 unspecified atom stereocenters. The van der Waals surface area contributed by atoms with E-state index in [-0.39, 0.29) is 0 Å². The highest BCUT2D eigenvalue weighted by Crippen LogP contribution is 2.36. The summed E-state index contributed by atoms with van der Waals surface area (Å²) in [5, 5.41) is 9.50. The molecule has 1 aliphatic carbocycles. The van der Waals surface area contributed by atoms with Gasteiger partial charge in [0.15, 0.2) is 5.82 Å². The lowest BCUT2D eigenvalue weighted by Gasteiger charge is -2.28. The number of nitrogens with one attached hydrogen (secondary N) is 1. The van der Waals surface area contributed by atoms with Crippen LogP contribution >= 0.6 is 11.3 Å². The van der Waals surface area contributed by atoms with Crippen molar-refractivity contribution < 1.29 is 0 Å². The van der Waals surface area contributed by atoms with Crippen molar-refractivity contribution in [2.24, 2.45) is 11.7 Å². The Morgan fingerprint density at radius 1 is 1.39 bits per heavy atom. The van der Waals surface area contributed by atoms with Crippen molar-refractivity contribution in [2.75, 3.05) is 6.54 Å². The van der Waals surface area contributed by atoms with Gasteiger partial charge in [-0.05, 0) is 36.8 Å². The Labute approximate surface area is 111 Å². The van der Waals surface area contributed by atoms with Crippen LogP contribution in [-0.2, 0) is 0 Å². The van der Waals surface area contributed by atoms with Gasteiger partial charge in [0.05, 0.1) is 4.88 Å². The highest BCUT2D eigenvalue weighted by molar-refractivity contribution is 7.13. The van der Waals surface area contributed by atoms with Crippen LogP contribution in [0.2, 0.25) is 0 Å². The minimum atomic E-state index is 0.463. The monoisotopic (exact) mass is 262 g/mol. The van der Waals surface area contributed by atoms with Gasteiger partial charge in [0.1, 0.15) is 5.82 Å². The van der Waals surface area contributed by atoms with Crippen molar-refractivity contribution in [1.29, 1.82) is 0 Å². The zero-order valence-corrected chi connectivity index (χ0v) is 11.1. The third-order valence-electron chi connectivity index (χ3n) is 3.81. The molecule has 4 nitrogen and oxygen atoms in total. The smallest absolute Gasteiger partial charge is 0.191 e. The maximum absolute atomic E-state index is 5.87. The number of aromatic nitrogens is 3. The summed E-state index contributed by atoms with van der Waals surface area (Å²) in [6.07, 6.45) is 4.97. The molecule has 0 aliphatic heterocycles. The minimum absolute atomic E-state index is 0.463. The van der Waals surface area contributed by atoms with Gasteiger partial charge in [0, 0.05) is 5.92 Å². The van der Waals surface area contributed by atoms with Crippen LogP contribution in [0.4, 0.5) is 0 Å².